The van der Waals surface area contributed by atoms with E-state index >= 15 is 0 Å². The molecule has 0 spiro atoms. The number of nitrogens with zero attached hydrogens (tertiary/aromatic N) is 2. The van der Waals surface area contributed by atoms with Gasteiger partial charge >= 0.3 is 0 Å². The number of rotatable bonds is 3. The number of halogens is 1. The van der Waals surface area contributed by atoms with Crippen molar-refractivity contribution >= 4 is 62.7 Å². The molecule has 0 saturated carbocycles. The first kappa shape index (κ1) is 19.5. The van der Waals surface area contributed by atoms with Crippen molar-refractivity contribution in [2.45, 2.75) is 6.92 Å². The third-order valence-corrected chi connectivity index (χ3v) is 5.47. The van der Waals surface area contributed by atoms with Crippen LogP contribution >= 0.6 is 34.8 Å². The molecule has 0 aliphatic carbocycles. The van der Waals surface area contributed by atoms with Crippen LogP contribution in [0.2, 0.25) is 0 Å². The maximum atomic E-state index is 12.5. The molecule has 144 valence electrons. The highest BCUT2D eigenvalue weighted by Gasteiger charge is 2.15. The van der Waals surface area contributed by atoms with Crippen LogP contribution in [0.1, 0.15) is 15.9 Å². The number of carbonyl (C=O) groups excluding carboxylic acids is 1. The number of anilines is 1. The van der Waals surface area contributed by atoms with Gasteiger partial charge in [0.05, 0.1) is 5.56 Å². The fraction of sp³-hybridized carbons (Fsp3) is 0.0476. The summed E-state index contributed by atoms with van der Waals surface area (Å²) in [6.07, 6.45) is 1.68. The number of pyridine rings is 1. The van der Waals surface area contributed by atoms with Gasteiger partial charge in [-0.25, -0.2) is 4.98 Å². The van der Waals surface area contributed by atoms with E-state index in [1.807, 2.05) is 49.4 Å². The number of benzene rings is 2. The Labute approximate surface area is 185 Å². The highest BCUT2D eigenvalue weighted by atomic mass is 127. The van der Waals surface area contributed by atoms with Crippen molar-refractivity contribution in [2.24, 2.45) is 0 Å². The first-order chi connectivity index (χ1) is 14.0. The van der Waals surface area contributed by atoms with Gasteiger partial charge in [-0.05, 0) is 83.7 Å². The lowest BCUT2D eigenvalue weighted by atomic mass is 10.1. The van der Waals surface area contributed by atoms with Crippen LogP contribution < -0.4 is 10.6 Å². The third kappa shape index (κ3) is 4.13. The van der Waals surface area contributed by atoms with E-state index in [0.29, 0.717) is 22.7 Å². The number of hydrogen-bond donors (Lipinski definition) is 2. The minimum absolute atomic E-state index is 0.217. The molecule has 1 amide bonds. The van der Waals surface area contributed by atoms with Gasteiger partial charge in [0.15, 0.2) is 16.3 Å². The maximum absolute atomic E-state index is 12.5. The molecular formula is C21H15IN4O2S. The highest BCUT2D eigenvalue weighted by Crippen LogP contribution is 2.30. The molecule has 2 heterocycles. The van der Waals surface area contributed by atoms with E-state index in [-0.39, 0.29) is 11.0 Å². The van der Waals surface area contributed by atoms with Gasteiger partial charge < -0.3 is 9.73 Å². The fourth-order valence-corrected chi connectivity index (χ4v) is 3.69. The lowest BCUT2D eigenvalue weighted by molar-refractivity contribution is 0.0977. The minimum Gasteiger partial charge on any atom is -0.434 e. The van der Waals surface area contributed by atoms with Crippen molar-refractivity contribution in [3.8, 4) is 11.5 Å². The van der Waals surface area contributed by atoms with Gasteiger partial charge in [-0.1, -0.05) is 18.2 Å². The fourth-order valence-electron chi connectivity index (χ4n) is 2.86. The molecule has 8 heteroatoms. The predicted octanol–water partition coefficient (Wildman–Crippen LogP) is 4.93. The van der Waals surface area contributed by atoms with Crippen LogP contribution in [0.15, 0.2) is 65.2 Å². The standard InChI is InChI=1S/C21H15IN4O2S/c1-12-13(20-25-18-17(28-20)10-5-11-23-18)7-4-9-16(12)24-21(29)26-19(27)14-6-2-3-8-15(14)22/h2-11H,1H3,(H2,24,26,27,29). The molecule has 0 unspecified atom stereocenters. The molecule has 0 radical (unpaired) electrons. The molecule has 29 heavy (non-hydrogen) atoms. The molecule has 0 aliphatic heterocycles. The second kappa shape index (κ2) is 8.26. The first-order valence-corrected chi connectivity index (χ1v) is 10.2. The Morgan fingerprint density at radius 2 is 1.93 bits per heavy atom. The minimum atomic E-state index is -0.258. The monoisotopic (exact) mass is 514 g/mol. The lowest BCUT2D eigenvalue weighted by Gasteiger charge is -2.13. The van der Waals surface area contributed by atoms with Crippen molar-refractivity contribution in [2.75, 3.05) is 5.32 Å². The number of hydrogen-bond acceptors (Lipinski definition) is 5. The van der Waals surface area contributed by atoms with Gasteiger partial charge in [-0.2, -0.15) is 4.98 Å². The number of amides is 1. The maximum Gasteiger partial charge on any atom is 0.258 e. The van der Waals surface area contributed by atoms with Gasteiger partial charge in [0.1, 0.15) is 0 Å². The molecule has 2 aromatic heterocycles. The van der Waals surface area contributed by atoms with Crippen LogP contribution in [-0.4, -0.2) is 21.0 Å². The molecule has 4 aromatic rings. The van der Waals surface area contributed by atoms with Crippen molar-refractivity contribution in [3.05, 3.63) is 75.5 Å². The van der Waals surface area contributed by atoms with E-state index in [1.54, 1.807) is 18.3 Å². The summed E-state index contributed by atoms with van der Waals surface area (Å²) in [6, 6.07) is 16.6. The van der Waals surface area contributed by atoms with Gasteiger partial charge in [0.25, 0.3) is 5.91 Å². The number of fused-ring (bicyclic) bond motifs is 1. The largest absolute Gasteiger partial charge is 0.434 e. The van der Waals surface area contributed by atoms with Crippen molar-refractivity contribution in [3.63, 3.8) is 0 Å². The Kier molecular flexibility index (Phi) is 5.54. The van der Waals surface area contributed by atoms with Crippen LogP contribution in [0.25, 0.3) is 22.7 Å². The molecule has 0 atom stereocenters. The Morgan fingerprint density at radius 3 is 2.72 bits per heavy atom. The summed E-state index contributed by atoms with van der Waals surface area (Å²) in [4.78, 5) is 21.1. The summed E-state index contributed by atoms with van der Waals surface area (Å²) in [5.41, 5.74) is 4.22. The van der Waals surface area contributed by atoms with E-state index in [9.17, 15) is 4.79 Å². The molecule has 6 nitrogen and oxygen atoms in total. The van der Waals surface area contributed by atoms with E-state index in [2.05, 4.69) is 43.2 Å². The predicted molar refractivity (Wildman–Crippen MR) is 125 cm³/mol. The zero-order valence-electron chi connectivity index (χ0n) is 15.3. The Morgan fingerprint density at radius 1 is 1.10 bits per heavy atom. The van der Waals surface area contributed by atoms with Crippen LogP contribution in [0.3, 0.4) is 0 Å². The normalized spacial score (nSPS) is 10.7. The number of thiocarbonyl (C=S) groups is 1. The summed E-state index contributed by atoms with van der Waals surface area (Å²) >= 11 is 7.45. The molecular weight excluding hydrogens is 499 g/mol. The average molecular weight is 514 g/mol. The second-order valence-corrected chi connectivity index (χ2v) is 7.78. The number of carbonyl (C=O) groups is 1. The zero-order valence-corrected chi connectivity index (χ0v) is 18.2. The Bertz CT molecular complexity index is 1210. The van der Waals surface area contributed by atoms with E-state index in [4.69, 9.17) is 16.6 Å². The summed E-state index contributed by atoms with van der Waals surface area (Å²) in [5, 5.41) is 6.02. The molecule has 0 fully saturated rings. The molecule has 0 bridgehead atoms. The van der Waals surface area contributed by atoms with Crippen molar-refractivity contribution < 1.29 is 9.21 Å². The Hall–Kier alpha value is -2.85. The van der Waals surface area contributed by atoms with Gasteiger partial charge in [-0.15, -0.1) is 0 Å². The number of aromatic nitrogens is 2. The molecule has 2 aromatic carbocycles. The molecule has 4 rings (SSSR count). The summed E-state index contributed by atoms with van der Waals surface area (Å²) < 4.78 is 6.68. The van der Waals surface area contributed by atoms with Gasteiger partial charge in [0.2, 0.25) is 5.89 Å². The van der Waals surface area contributed by atoms with Crippen molar-refractivity contribution in [1.29, 1.82) is 0 Å². The van der Waals surface area contributed by atoms with Crippen LogP contribution in [0, 0.1) is 10.5 Å². The summed E-state index contributed by atoms with van der Waals surface area (Å²) in [7, 11) is 0. The topological polar surface area (TPSA) is 80.0 Å². The van der Waals surface area contributed by atoms with Gasteiger partial charge in [-0.3, -0.25) is 10.1 Å². The van der Waals surface area contributed by atoms with Crippen LogP contribution in [-0.2, 0) is 0 Å². The summed E-state index contributed by atoms with van der Waals surface area (Å²) in [6.45, 7) is 1.94. The second-order valence-electron chi connectivity index (χ2n) is 6.21. The number of nitrogens with one attached hydrogen (secondary N) is 2. The van der Waals surface area contributed by atoms with Crippen LogP contribution in [0.4, 0.5) is 5.69 Å². The molecule has 2 N–H and O–H groups in total. The zero-order chi connectivity index (χ0) is 20.4. The average Bonchev–Trinajstić information content (AvgIpc) is 3.13. The first-order valence-electron chi connectivity index (χ1n) is 8.71. The van der Waals surface area contributed by atoms with Gasteiger partial charge in [0, 0.05) is 21.0 Å². The van der Waals surface area contributed by atoms with Crippen molar-refractivity contribution in [1.82, 2.24) is 15.3 Å². The quantitative estimate of drug-likeness (QED) is 0.298. The van der Waals surface area contributed by atoms with Crippen LogP contribution in [0.5, 0.6) is 0 Å². The number of oxazole rings is 1. The highest BCUT2D eigenvalue weighted by molar-refractivity contribution is 14.1. The van der Waals surface area contributed by atoms with E-state index < -0.39 is 0 Å². The SMILES string of the molecule is Cc1c(NC(=S)NC(=O)c2ccccc2I)cccc1-c1nc2ncccc2o1. The van der Waals surface area contributed by atoms with E-state index in [0.717, 1.165) is 20.4 Å². The smallest absolute Gasteiger partial charge is 0.258 e. The van der Waals surface area contributed by atoms with E-state index in [1.165, 1.54) is 0 Å². The third-order valence-electron chi connectivity index (χ3n) is 4.32. The molecule has 0 aliphatic rings. The molecule has 0 saturated heterocycles. The summed E-state index contributed by atoms with van der Waals surface area (Å²) in [5.74, 6) is 0.222. The Balaban J connectivity index is 1.55. The lowest BCUT2D eigenvalue weighted by Crippen LogP contribution is -2.34.